The number of rotatable bonds is 5. The highest BCUT2D eigenvalue weighted by molar-refractivity contribution is 7.46. The summed E-state index contributed by atoms with van der Waals surface area (Å²) in [4.78, 5) is 29.7. The predicted molar refractivity (Wildman–Crippen MR) is 82.9 cm³/mol. The Kier molecular flexibility index (Phi) is 4.54. The number of fused-ring (bicyclic) bond motifs is 1. The van der Waals surface area contributed by atoms with Gasteiger partial charge in [0.05, 0.1) is 12.9 Å². The minimum atomic E-state index is -4.75. The standard InChI is InChI=1S/C12H18N5O7P/c1-2-12(17-5-16-7-10(13)14-4-15-11(7)17)9(19)8(18)6(24-12)3-23-25(20,21)22/h4-6,8-9,18-19H,2-3H2,1H3,(H2,13,14,15)(H2,20,21,22)/t6-,8-,9-,12-/m1/s1. The van der Waals surface area contributed by atoms with Gasteiger partial charge in [-0.3, -0.25) is 9.09 Å². The van der Waals surface area contributed by atoms with Gasteiger partial charge in [-0.15, -0.1) is 0 Å². The molecule has 25 heavy (non-hydrogen) atoms. The van der Waals surface area contributed by atoms with Gasteiger partial charge in [-0.2, -0.15) is 0 Å². The molecule has 3 rings (SSSR count). The average molecular weight is 375 g/mol. The summed E-state index contributed by atoms with van der Waals surface area (Å²) in [5, 5.41) is 20.8. The van der Waals surface area contributed by atoms with Crippen molar-refractivity contribution in [1.29, 1.82) is 0 Å². The van der Waals surface area contributed by atoms with Crippen LogP contribution in [0.5, 0.6) is 0 Å². The fraction of sp³-hybridized carbons (Fsp3) is 0.583. The molecule has 1 aliphatic rings. The maximum atomic E-state index is 10.9. The molecule has 3 heterocycles. The van der Waals surface area contributed by atoms with Crippen molar-refractivity contribution in [2.45, 2.75) is 37.4 Å². The first-order valence-electron chi connectivity index (χ1n) is 7.37. The summed E-state index contributed by atoms with van der Waals surface area (Å²) >= 11 is 0. The van der Waals surface area contributed by atoms with Crippen LogP contribution in [0.15, 0.2) is 12.7 Å². The Labute approximate surface area is 141 Å². The summed E-state index contributed by atoms with van der Waals surface area (Å²) in [5.41, 5.74) is 4.88. The number of aliphatic hydroxyl groups is 2. The number of phosphoric acid groups is 1. The van der Waals surface area contributed by atoms with E-state index >= 15 is 0 Å². The molecule has 0 unspecified atom stereocenters. The van der Waals surface area contributed by atoms with E-state index in [1.54, 1.807) is 6.92 Å². The van der Waals surface area contributed by atoms with Gasteiger partial charge >= 0.3 is 7.82 Å². The van der Waals surface area contributed by atoms with Crippen molar-refractivity contribution in [2.75, 3.05) is 12.3 Å². The minimum Gasteiger partial charge on any atom is -0.387 e. The molecule has 138 valence electrons. The Balaban J connectivity index is 1.99. The number of ether oxygens (including phenoxy) is 1. The van der Waals surface area contributed by atoms with Gasteiger partial charge < -0.3 is 30.5 Å². The summed E-state index contributed by atoms with van der Waals surface area (Å²) in [6.07, 6.45) is -1.25. The molecule has 13 heteroatoms. The zero-order chi connectivity index (χ0) is 18.4. The fourth-order valence-electron chi connectivity index (χ4n) is 2.97. The van der Waals surface area contributed by atoms with Gasteiger partial charge in [0, 0.05) is 0 Å². The largest absolute Gasteiger partial charge is 0.469 e. The first kappa shape index (κ1) is 18.1. The molecule has 2 aromatic rings. The maximum Gasteiger partial charge on any atom is 0.469 e. The Hall–Kier alpha value is -1.66. The normalized spacial score (nSPS) is 30.2. The van der Waals surface area contributed by atoms with Crippen molar-refractivity contribution >= 4 is 24.8 Å². The number of anilines is 1. The van der Waals surface area contributed by atoms with Gasteiger partial charge in [0.2, 0.25) is 0 Å². The van der Waals surface area contributed by atoms with Crippen LogP contribution in [0.25, 0.3) is 11.2 Å². The lowest BCUT2D eigenvalue weighted by atomic mass is 10.00. The van der Waals surface area contributed by atoms with Crippen molar-refractivity contribution in [3.05, 3.63) is 12.7 Å². The van der Waals surface area contributed by atoms with Crippen molar-refractivity contribution in [3.8, 4) is 0 Å². The minimum absolute atomic E-state index is 0.143. The number of phosphoric ester groups is 1. The van der Waals surface area contributed by atoms with Crippen LogP contribution >= 0.6 is 7.82 Å². The highest BCUT2D eigenvalue weighted by atomic mass is 31.2. The van der Waals surface area contributed by atoms with Crippen molar-refractivity contribution in [2.24, 2.45) is 0 Å². The van der Waals surface area contributed by atoms with Crippen LogP contribution in [0.4, 0.5) is 5.82 Å². The lowest BCUT2D eigenvalue weighted by molar-refractivity contribution is -0.147. The summed E-state index contributed by atoms with van der Waals surface area (Å²) in [6.45, 7) is 1.10. The zero-order valence-corrected chi connectivity index (χ0v) is 14.0. The second kappa shape index (κ2) is 6.25. The van der Waals surface area contributed by atoms with Crippen LogP contribution in [0.2, 0.25) is 0 Å². The maximum absolute atomic E-state index is 10.9. The van der Waals surface area contributed by atoms with Gasteiger partial charge in [0.25, 0.3) is 0 Å². The summed E-state index contributed by atoms with van der Waals surface area (Å²) in [7, 11) is -4.75. The van der Waals surface area contributed by atoms with E-state index in [0.29, 0.717) is 5.52 Å². The Morgan fingerprint density at radius 3 is 2.76 bits per heavy atom. The molecule has 2 aromatic heterocycles. The molecule has 1 fully saturated rings. The van der Waals surface area contributed by atoms with E-state index in [2.05, 4.69) is 19.5 Å². The third-order valence-corrected chi connectivity index (χ3v) is 4.69. The number of aliphatic hydroxyl groups excluding tert-OH is 2. The van der Waals surface area contributed by atoms with E-state index in [1.165, 1.54) is 17.2 Å². The van der Waals surface area contributed by atoms with Crippen LogP contribution < -0.4 is 5.73 Å². The van der Waals surface area contributed by atoms with Gasteiger partial charge in [0.15, 0.2) is 17.2 Å². The van der Waals surface area contributed by atoms with Gasteiger partial charge in [-0.05, 0) is 6.42 Å². The summed E-state index contributed by atoms with van der Waals surface area (Å²) in [6, 6.07) is 0. The number of nitrogen functional groups attached to an aromatic ring is 1. The molecule has 1 saturated heterocycles. The zero-order valence-electron chi connectivity index (χ0n) is 13.1. The number of aromatic nitrogens is 4. The van der Waals surface area contributed by atoms with Crippen molar-refractivity contribution < 1.29 is 33.8 Å². The number of hydrogen-bond acceptors (Lipinski definition) is 9. The van der Waals surface area contributed by atoms with Gasteiger partial charge in [0.1, 0.15) is 30.2 Å². The fourth-order valence-corrected chi connectivity index (χ4v) is 3.31. The van der Waals surface area contributed by atoms with E-state index in [4.69, 9.17) is 20.3 Å². The number of imidazole rings is 1. The van der Waals surface area contributed by atoms with Crippen molar-refractivity contribution in [1.82, 2.24) is 19.5 Å². The van der Waals surface area contributed by atoms with Crippen LogP contribution in [0, 0.1) is 0 Å². The summed E-state index contributed by atoms with van der Waals surface area (Å²) < 4.78 is 22.5. The molecule has 0 saturated carbocycles. The van der Waals surface area contributed by atoms with Crippen LogP contribution in [0.1, 0.15) is 13.3 Å². The lowest BCUT2D eigenvalue weighted by Crippen LogP contribution is -2.45. The Morgan fingerprint density at radius 1 is 1.40 bits per heavy atom. The molecular weight excluding hydrogens is 357 g/mol. The van der Waals surface area contributed by atoms with Crippen LogP contribution in [-0.4, -0.2) is 64.4 Å². The number of nitrogens with two attached hydrogens (primary N) is 1. The van der Waals surface area contributed by atoms with E-state index < -0.39 is 38.5 Å². The van der Waals surface area contributed by atoms with E-state index in [0.717, 1.165) is 0 Å². The molecule has 1 aliphatic heterocycles. The smallest absolute Gasteiger partial charge is 0.387 e. The van der Waals surface area contributed by atoms with Crippen LogP contribution in [-0.2, 0) is 19.6 Å². The predicted octanol–water partition coefficient (Wildman–Crippen LogP) is -1.30. The highest BCUT2D eigenvalue weighted by Gasteiger charge is 2.55. The van der Waals surface area contributed by atoms with E-state index in [9.17, 15) is 14.8 Å². The molecule has 0 radical (unpaired) electrons. The monoisotopic (exact) mass is 375 g/mol. The SMILES string of the molecule is CC[C@@]1(n2cnc3c(N)ncnc32)O[C@H](COP(=O)(O)O)[C@@H](O)[C@H]1O. The molecule has 0 aliphatic carbocycles. The van der Waals surface area contributed by atoms with E-state index in [1.807, 2.05) is 0 Å². The Bertz CT molecular complexity index is 825. The molecule has 0 spiro atoms. The second-order valence-electron chi connectivity index (χ2n) is 5.62. The molecule has 0 bridgehead atoms. The molecular formula is C12H18N5O7P. The number of hydrogen-bond donors (Lipinski definition) is 5. The van der Waals surface area contributed by atoms with Crippen LogP contribution in [0.3, 0.4) is 0 Å². The highest BCUT2D eigenvalue weighted by Crippen LogP contribution is 2.42. The summed E-state index contributed by atoms with van der Waals surface area (Å²) in [5.74, 6) is 0.143. The third kappa shape index (κ3) is 3.02. The van der Waals surface area contributed by atoms with E-state index in [-0.39, 0.29) is 17.9 Å². The lowest BCUT2D eigenvalue weighted by Gasteiger charge is -2.32. The molecule has 0 aromatic carbocycles. The van der Waals surface area contributed by atoms with Crippen molar-refractivity contribution in [3.63, 3.8) is 0 Å². The third-order valence-electron chi connectivity index (χ3n) is 4.21. The Morgan fingerprint density at radius 2 is 2.12 bits per heavy atom. The molecule has 6 N–H and O–H groups in total. The van der Waals surface area contributed by atoms with Gasteiger partial charge in [-0.25, -0.2) is 19.5 Å². The number of nitrogens with zero attached hydrogens (tertiary/aromatic N) is 4. The molecule has 12 nitrogen and oxygen atoms in total. The topological polar surface area (TPSA) is 186 Å². The average Bonchev–Trinajstić information content (AvgIpc) is 3.08. The first-order valence-corrected chi connectivity index (χ1v) is 8.90. The first-order chi connectivity index (χ1) is 11.7. The second-order valence-corrected chi connectivity index (χ2v) is 6.86. The quantitative estimate of drug-likeness (QED) is 0.391. The van der Waals surface area contributed by atoms with Gasteiger partial charge in [-0.1, -0.05) is 6.92 Å². The molecule has 4 atom stereocenters. The molecule has 0 amide bonds.